The van der Waals surface area contributed by atoms with Crippen molar-refractivity contribution in [2.24, 2.45) is 0 Å². The Hall–Kier alpha value is -3.55. The zero-order chi connectivity index (χ0) is 25.6. The van der Waals surface area contributed by atoms with Crippen molar-refractivity contribution in [1.29, 1.82) is 0 Å². The molecule has 0 aliphatic heterocycles. The molecule has 0 spiro atoms. The van der Waals surface area contributed by atoms with Crippen LogP contribution in [0.25, 0.3) is 22.3 Å². The van der Waals surface area contributed by atoms with Gasteiger partial charge in [-0.1, -0.05) is 26.0 Å². The van der Waals surface area contributed by atoms with Gasteiger partial charge in [0.2, 0.25) is 0 Å². The molecule has 0 saturated carbocycles. The number of benzene rings is 3. The maximum Gasteiger partial charge on any atom is 0.339 e. The number of aryl methyl sites for hydroxylation is 1. The van der Waals surface area contributed by atoms with Crippen molar-refractivity contribution >= 4 is 11.7 Å². The summed E-state index contributed by atoms with van der Waals surface area (Å²) in [7, 11) is 2.57. The van der Waals surface area contributed by atoms with E-state index in [0.29, 0.717) is 23.5 Å². The highest BCUT2D eigenvalue weighted by atomic mass is 19.2. The van der Waals surface area contributed by atoms with Crippen molar-refractivity contribution in [2.75, 3.05) is 26.1 Å². The van der Waals surface area contributed by atoms with Gasteiger partial charge in [-0.15, -0.1) is 0 Å². The number of hydrogen-bond donors (Lipinski definition) is 1. The van der Waals surface area contributed by atoms with Gasteiger partial charge in [0, 0.05) is 6.54 Å². The second kappa shape index (κ2) is 11.5. The molecule has 0 aliphatic rings. The van der Waals surface area contributed by atoms with Crippen LogP contribution in [0.4, 0.5) is 23.2 Å². The van der Waals surface area contributed by atoms with Crippen LogP contribution in [0.15, 0.2) is 36.4 Å². The van der Waals surface area contributed by atoms with Gasteiger partial charge in [0.15, 0.2) is 23.3 Å². The molecule has 0 atom stereocenters. The number of hydrogen-bond acceptors (Lipinski definition) is 4. The number of anilines is 1. The molecule has 0 aromatic heterocycles. The lowest BCUT2D eigenvalue weighted by molar-refractivity contribution is 0.0601. The van der Waals surface area contributed by atoms with E-state index in [1.807, 2.05) is 13.8 Å². The third-order valence-corrected chi connectivity index (χ3v) is 5.03. The van der Waals surface area contributed by atoms with Crippen LogP contribution in [0.1, 0.15) is 36.7 Å². The van der Waals surface area contributed by atoms with Gasteiger partial charge in [-0.3, -0.25) is 0 Å². The van der Waals surface area contributed by atoms with E-state index < -0.39 is 40.4 Å². The van der Waals surface area contributed by atoms with Crippen molar-refractivity contribution in [3.8, 4) is 28.0 Å². The van der Waals surface area contributed by atoms with Gasteiger partial charge in [0.25, 0.3) is 0 Å². The first-order valence-corrected chi connectivity index (χ1v) is 10.7. The molecule has 0 aliphatic carbocycles. The molecular formula is C26H27F4NO3. The highest BCUT2D eigenvalue weighted by molar-refractivity contribution is 5.98. The molecule has 4 nitrogen and oxygen atoms in total. The third-order valence-electron chi connectivity index (χ3n) is 5.03. The van der Waals surface area contributed by atoms with E-state index in [2.05, 4.69) is 5.32 Å². The van der Waals surface area contributed by atoms with E-state index in [0.717, 1.165) is 13.2 Å². The van der Waals surface area contributed by atoms with Crippen LogP contribution < -0.4 is 10.1 Å². The molecule has 3 rings (SSSR count). The van der Waals surface area contributed by atoms with Crippen LogP contribution in [-0.4, -0.2) is 26.7 Å². The number of nitrogens with one attached hydrogen (secondary N) is 1. The Balaban J connectivity index is 0.00000199. The van der Waals surface area contributed by atoms with Gasteiger partial charge in [-0.25, -0.2) is 22.4 Å². The number of halogens is 4. The zero-order valence-electron chi connectivity index (χ0n) is 19.9. The highest BCUT2D eigenvalue weighted by Gasteiger charge is 2.28. The van der Waals surface area contributed by atoms with Crippen molar-refractivity contribution < 1.29 is 31.8 Å². The molecular weight excluding hydrogens is 450 g/mol. The molecule has 8 heteroatoms. The van der Waals surface area contributed by atoms with Gasteiger partial charge >= 0.3 is 5.97 Å². The molecule has 0 radical (unpaired) electrons. The van der Waals surface area contributed by atoms with E-state index >= 15 is 8.78 Å². The van der Waals surface area contributed by atoms with Gasteiger partial charge in [0.1, 0.15) is 5.75 Å². The summed E-state index contributed by atoms with van der Waals surface area (Å²) in [6.45, 7) is 7.87. The first-order chi connectivity index (χ1) is 16.2. The summed E-state index contributed by atoms with van der Waals surface area (Å²) >= 11 is 0. The minimum atomic E-state index is -1.57. The van der Waals surface area contributed by atoms with Crippen LogP contribution >= 0.6 is 0 Å². The quantitative estimate of drug-likeness (QED) is 0.233. The minimum Gasteiger partial charge on any atom is -0.497 e. The van der Waals surface area contributed by atoms with Crippen LogP contribution in [-0.2, 0) is 4.74 Å². The lowest BCUT2D eigenvalue weighted by Crippen LogP contribution is -2.11. The number of carbonyl (C=O) groups excluding carboxylic acids is 1. The monoisotopic (exact) mass is 477 g/mol. The molecule has 0 unspecified atom stereocenters. The summed E-state index contributed by atoms with van der Waals surface area (Å²) in [5, 5.41) is 2.98. The zero-order valence-corrected chi connectivity index (χ0v) is 19.9. The number of rotatable bonds is 6. The average Bonchev–Trinajstić information content (AvgIpc) is 2.85. The SMILES string of the molecule is CC.CCNc1c(C)cc(-c2c(F)c(F)c(-c3ccc(OC)cc3)c(F)c2F)cc1C(=O)OC. The molecule has 3 aromatic carbocycles. The number of esters is 1. The summed E-state index contributed by atoms with van der Waals surface area (Å²) in [5.74, 6) is -6.57. The van der Waals surface area contributed by atoms with Crippen LogP contribution in [0.2, 0.25) is 0 Å². The van der Waals surface area contributed by atoms with E-state index in [9.17, 15) is 13.6 Å². The maximum absolute atomic E-state index is 15.1. The molecule has 0 heterocycles. The summed E-state index contributed by atoms with van der Waals surface area (Å²) in [6.07, 6.45) is 0. The normalized spacial score (nSPS) is 10.3. The standard InChI is InChI=1S/C24H21F4NO3.C2H6/c1-5-29-23-12(2)10-14(11-16(23)24(30)32-4)18-21(27)19(25)17(20(26)22(18)28)13-6-8-15(31-3)9-7-13;1-2/h6-11,29H,5H2,1-4H3;1-2H3. The fourth-order valence-electron chi connectivity index (χ4n) is 3.51. The van der Waals surface area contributed by atoms with Crippen molar-refractivity contribution in [2.45, 2.75) is 27.7 Å². The second-order valence-electron chi connectivity index (χ2n) is 6.97. The van der Waals surface area contributed by atoms with Gasteiger partial charge in [-0.05, 0) is 54.8 Å². The third kappa shape index (κ3) is 5.00. The van der Waals surface area contributed by atoms with Crippen molar-refractivity contribution in [3.05, 3.63) is 70.8 Å². The Morgan fingerprint density at radius 2 is 1.35 bits per heavy atom. The van der Waals surface area contributed by atoms with Crippen LogP contribution in [0.3, 0.4) is 0 Å². The molecule has 1 N–H and O–H groups in total. The molecule has 3 aromatic rings. The summed E-state index contributed by atoms with van der Waals surface area (Å²) in [5.41, 5.74) is -1.15. The Morgan fingerprint density at radius 3 is 1.79 bits per heavy atom. The minimum absolute atomic E-state index is 0.0109. The Kier molecular flexibility index (Phi) is 9.06. The smallest absolute Gasteiger partial charge is 0.339 e. The summed E-state index contributed by atoms with van der Waals surface area (Å²) in [4.78, 5) is 12.2. The fraction of sp³-hybridized carbons (Fsp3) is 0.269. The van der Waals surface area contributed by atoms with E-state index in [4.69, 9.17) is 9.47 Å². The Morgan fingerprint density at radius 1 is 0.853 bits per heavy atom. The molecule has 0 saturated heterocycles. The molecule has 0 bridgehead atoms. The van der Waals surface area contributed by atoms with Gasteiger partial charge in [-0.2, -0.15) is 0 Å². The maximum atomic E-state index is 15.1. The van der Waals surface area contributed by atoms with Crippen LogP contribution in [0, 0.1) is 30.2 Å². The van der Waals surface area contributed by atoms with E-state index in [1.165, 1.54) is 37.4 Å². The summed E-state index contributed by atoms with van der Waals surface area (Å²) in [6, 6.07) is 7.92. The molecule has 0 fully saturated rings. The van der Waals surface area contributed by atoms with Crippen LogP contribution in [0.5, 0.6) is 5.75 Å². The van der Waals surface area contributed by atoms with Gasteiger partial charge in [0.05, 0.1) is 36.6 Å². The fourth-order valence-corrected chi connectivity index (χ4v) is 3.51. The molecule has 34 heavy (non-hydrogen) atoms. The topological polar surface area (TPSA) is 47.6 Å². The molecule has 0 amide bonds. The first kappa shape index (κ1) is 26.7. The Labute approximate surface area is 196 Å². The largest absolute Gasteiger partial charge is 0.497 e. The average molecular weight is 477 g/mol. The Bertz CT molecular complexity index is 1150. The highest BCUT2D eigenvalue weighted by Crippen LogP contribution is 2.39. The van der Waals surface area contributed by atoms with E-state index in [1.54, 1.807) is 13.8 Å². The summed E-state index contributed by atoms with van der Waals surface area (Å²) < 4.78 is 69.8. The lowest BCUT2D eigenvalue weighted by Gasteiger charge is -2.17. The van der Waals surface area contributed by atoms with E-state index in [-0.39, 0.29) is 16.7 Å². The predicted octanol–water partition coefficient (Wildman–Crippen LogP) is 7.14. The molecule has 182 valence electrons. The number of methoxy groups -OCH3 is 2. The van der Waals surface area contributed by atoms with Gasteiger partial charge < -0.3 is 14.8 Å². The number of ether oxygens (including phenoxy) is 2. The number of carbonyl (C=O) groups is 1. The predicted molar refractivity (Wildman–Crippen MR) is 125 cm³/mol. The lowest BCUT2D eigenvalue weighted by atomic mass is 9.94. The second-order valence-corrected chi connectivity index (χ2v) is 6.97. The van der Waals surface area contributed by atoms with Crippen molar-refractivity contribution in [3.63, 3.8) is 0 Å². The van der Waals surface area contributed by atoms with Crippen molar-refractivity contribution in [1.82, 2.24) is 0 Å². The first-order valence-electron chi connectivity index (χ1n) is 10.7.